The molecule has 3 N–H and O–H groups in total. The van der Waals surface area contributed by atoms with Crippen LogP contribution in [0, 0.1) is 0 Å². The normalized spacial score (nSPS) is 28.6. The van der Waals surface area contributed by atoms with Gasteiger partial charge in [-0.15, -0.1) is 0 Å². The lowest BCUT2D eigenvalue weighted by molar-refractivity contribution is 0.118. The lowest BCUT2D eigenvalue weighted by Crippen LogP contribution is -2.50. The quantitative estimate of drug-likeness (QED) is 0.751. The van der Waals surface area contributed by atoms with Gasteiger partial charge in [-0.1, -0.05) is 17.7 Å². The molecule has 6 heteroatoms. The summed E-state index contributed by atoms with van der Waals surface area (Å²) in [6.07, 6.45) is -0.000136. The second-order valence-electron chi connectivity index (χ2n) is 4.66. The number of nitrogens with zero attached hydrogens (tertiary/aromatic N) is 1. The third kappa shape index (κ3) is 1.34. The Morgan fingerprint density at radius 2 is 2.44 bits per heavy atom. The Morgan fingerprint density at radius 1 is 1.67 bits per heavy atom. The van der Waals surface area contributed by atoms with E-state index in [2.05, 4.69) is 5.32 Å². The number of carbonyl (C=O) groups excluding carboxylic acids is 1. The van der Waals surface area contributed by atoms with Gasteiger partial charge in [0, 0.05) is 22.8 Å². The van der Waals surface area contributed by atoms with E-state index in [1.807, 2.05) is 18.2 Å². The van der Waals surface area contributed by atoms with Crippen molar-refractivity contribution in [2.24, 2.45) is 5.73 Å². The topological polar surface area (TPSA) is 67.6 Å². The van der Waals surface area contributed by atoms with Crippen LogP contribution in [0.5, 0.6) is 0 Å². The number of amides is 1. The Balaban J connectivity index is 2.04. The van der Waals surface area contributed by atoms with Crippen molar-refractivity contribution in [3.8, 4) is 0 Å². The second-order valence-corrected chi connectivity index (χ2v) is 5.07. The van der Waals surface area contributed by atoms with Gasteiger partial charge in [0.2, 0.25) is 0 Å². The van der Waals surface area contributed by atoms with E-state index < -0.39 is 5.54 Å². The van der Waals surface area contributed by atoms with Crippen molar-refractivity contribution in [2.45, 2.75) is 18.1 Å². The maximum atomic E-state index is 11.7. The first kappa shape index (κ1) is 11.6. The van der Waals surface area contributed by atoms with Crippen molar-refractivity contribution < 1.29 is 9.53 Å². The Bertz CT molecular complexity index is 522. The molecule has 0 unspecified atom stereocenters. The molecule has 2 aliphatic heterocycles. The summed E-state index contributed by atoms with van der Waals surface area (Å²) < 4.78 is 4.77. The highest BCUT2D eigenvalue weighted by atomic mass is 35.5. The van der Waals surface area contributed by atoms with Gasteiger partial charge in [0.15, 0.2) is 0 Å². The lowest BCUT2D eigenvalue weighted by atomic mass is 9.90. The number of nitrogens with one attached hydrogen (secondary N) is 1. The molecular weight excluding hydrogens is 254 g/mol. The summed E-state index contributed by atoms with van der Waals surface area (Å²) >= 11 is 6.23. The van der Waals surface area contributed by atoms with Crippen molar-refractivity contribution in [3.63, 3.8) is 0 Å². The van der Waals surface area contributed by atoms with E-state index in [-0.39, 0.29) is 12.3 Å². The zero-order chi connectivity index (χ0) is 12.9. The maximum absolute atomic E-state index is 11.7. The third-order valence-corrected chi connectivity index (χ3v) is 4.06. The molecule has 0 radical (unpaired) electrons. The summed E-state index contributed by atoms with van der Waals surface area (Å²) in [5.41, 5.74) is 7.61. The van der Waals surface area contributed by atoms with Crippen molar-refractivity contribution in [1.29, 1.82) is 0 Å². The SMILES string of the molecule is COC(=O)N1CC[C@]2(N)c3c(Cl)cccc3N[C@H]12. The smallest absolute Gasteiger partial charge is 0.411 e. The number of hydrogen-bond acceptors (Lipinski definition) is 4. The standard InChI is InChI=1S/C12H14ClN3O2/c1-18-11(17)16-6-5-12(14)9-7(13)3-2-4-8(9)15-10(12)16/h2-4,10,15H,5-6,14H2,1H3/t10-,12+/m1/s1. The van der Waals surface area contributed by atoms with Gasteiger partial charge < -0.3 is 15.8 Å². The molecule has 0 aliphatic carbocycles. The van der Waals surface area contributed by atoms with E-state index in [4.69, 9.17) is 22.1 Å². The Morgan fingerprint density at radius 3 is 3.17 bits per heavy atom. The molecule has 18 heavy (non-hydrogen) atoms. The fourth-order valence-electron chi connectivity index (χ4n) is 2.90. The molecule has 0 bridgehead atoms. The molecule has 2 heterocycles. The van der Waals surface area contributed by atoms with Gasteiger partial charge in [0.25, 0.3) is 0 Å². The number of likely N-dealkylation sites (tertiary alicyclic amines) is 1. The molecule has 2 aliphatic rings. The van der Waals surface area contributed by atoms with Gasteiger partial charge in [-0.25, -0.2) is 4.79 Å². The first-order valence-electron chi connectivity index (χ1n) is 5.77. The number of methoxy groups -OCH3 is 1. The van der Waals surface area contributed by atoms with Crippen molar-refractivity contribution in [3.05, 3.63) is 28.8 Å². The zero-order valence-electron chi connectivity index (χ0n) is 9.94. The molecule has 5 nitrogen and oxygen atoms in total. The zero-order valence-corrected chi connectivity index (χ0v) is 10.7. The van der Waals surface area contributed by atoms with E-state index in [9.17, 15) is 4.79 Å². The summed E-state index contributed by atoms with van der Waals surface area (Å²) in [5.74, 6) is 0. The Hall–Kier alpha value is -1.46. The van der Waals surface area contributed by atoms with Crippen molar-refractivity contribution in [2.75, 3.05) is 19.0 Å². The molecule has 3 rings (SSSR count). The van der Waals surface area contributed by atoms with E-state index in [0.717, 1.165) is 11.3 Å². The van der Waals surface area contributed by atoms with Gasteiger partial charge in [-0.2, -0.15) is 0 Å². The predicted molar refractivity (Wildman–Crippen MR) is 68.5 cm³/mol. The van der Waals surface area contributed by atoms with Crippen LogP contribution in [-0.4, -0.2) is 30.8 Å². The van der Waals surface area contributed by atoms with Crippen LogP contribution in [0.1, 0.15) is 12.0 Å². The number of fused-ring (bicyclic) bond motifs is 3. The molecular formula is C12H14ClN3O2. The Labute approximate surface area is 110 Å². The van der Waals surface area contributed by atoms with Crippen LogP contribution in [0.25, 0.3) is 0 Å². The summed E-state index contributed by atoms with van der Waals surface area (Å²) in [6, 6.07) is 5.60. The van der Waals surface area contributed by atoms with E-state index in [1.54, 1.807) is 4.90 Å². The van der Waals surface area contributed by atoms with Crippen molar-refractivity contribution in [1.82, 2.24) is 4.90 Å². The first-order chi connectivity index (χ1) is 8.58. The molecule has 0 saturated carbocycles. The average Bonchev–Trinajstić information content (AvgIpc) is 2.81. The van der Waals surface area contributed by atoms with Gasteiger partial charge in [-0.05, 0) is 18.6 Å². The molecule has 1 fully saturated rings. The van der Waals surface area contributed by atoms with Crippen LogP contribution in [-0.2, 0) is 10.3 Å². The molecule has 0 aromatic heterocycles. The summed E-state index contributed by atoms with van der Waals surface area (Å²) in [4.78, 5) is 13.3. The van der Waals surface area contributed by atoms with Crippen LogP contribution in [0.2, 0.25) is 5.02 Å². The van der Waals surface area contributed by atoms with E-state index in [0.29, 0.717) is 18.0 Å². The summed E-state index contributed by atoms with van der Waals surface area (Å²) in [6.45, 7) is 0.561. The lowest BCUT2D eigenvalue weighted by Gasteiger charge is -2.28. The van der Waals surface area contributed by atoms with Crippen LogP contribution >= 0.6 is 11.6 Å². The molecule has 1 amide bonds. The fourth-order valence-corrected chi connectivity index (χ4v) is 3.25. The summed E-state index contributed by atoms with van der Waals surface area (Å²) in [5, 5.41) is 3.89. The minimum Gasteiger partial charge on any atom is -0.453 e. The number of ether oxygens (including phenoxy) is 1. The largest absolute Gasteiger partial charge is 0.453 e. The fraction of sp³-hybridized carbons (Fsp3) is 0.417. The van der Waals surface area contributed by atoms with Crippen LogP contribution < -0.4 is 11.1 Å². The Kier molecular flexibility index (Phi) is 2.43. The molecule has 2 atom stereocenters. The highest BCUT2D eigenvalue weighted by molar-refractivity contribution is 6.32. The molecule has 1 aromatic rings. The van der Waals surface area contributed by atoms with Crippen LogP contribution in [0.4, 0.5) is 10.5 Å². The number of carbonyl (C=O) groups is 1. The van der Waals surface area contributed by atoms with Gasteiger partial charge in [0.1, 0.15) is 6.17 Å². The number of rotatable bonds is 0. The molecule has 96 valence electrons. The van der Waals surface area contributed by atoms with Crippen molar-refractivity contribution >= 4 is 23.4 Å². The number of benzene rings is 1. The minimum atomic E-state index is -0.637. The highest BCUT2D eigenvalue weighted by Crippen LogP contribution is 2.48. The van der Waals surface area contributed by atoms with E-state index >= 15 is 0 Å². The monoisotopic (exact) mass is 267 g/mol. The van der Waals surface area contributed by atoms with Gasteiger partial charge in [-0.3, -0.25) is 4.90 Å². The second kappa shape index (κ2) is 3.76. The first-order valence-corrected chi connectivity index (χ1v) is 6.15. The predicted octanol–water partition coefficient (Wildman–Crippen LogP) is 1.72. The number of nitrogens with two attached hydrogens (primary N) is 1. The number of hydrogen-bond donors (Lipinski definition) is 2. The maximum Gasteiger partial charge on any atom is 0.411 e. The number of halogens is 1. The third-order valence-electron chi connectivity index (χ3n) is 3.75. The highest BCUT2D eigenvalue weighted by Gasteiger charge is 2.54. The molecule has 0 spiro atoms. The van der Waals surface area contributed by atoms with Gasteiger partial charge >= 0.3 is 6.09 Å². The van der Waals surface area contributed by atoms with Crippen LogP contribution in [0.3, 0.4) is 0 Å². The number of anilines is 1. The van der Waals surface area contributed by atoms with Crippen LogP contribution in [0.15, 0.2) is 18.2 Å². The molecule has 1 saturated heterocycles. The van der Waals surface area contributed by atoms with Gasteiger partial charge in [0.05, 0.1) is 12.6 Å². The summed E-state index contributed by atoms with van der Waals surface area (Å²) in [7, 11) is 1.37. The molecule has 1 aromatic carbocycles. The minimum absolute atomic E-state index is 0.292. The average molecular weight is 268 g/mol. The van der Waals surface area contributed by atoms with E-state index in [1.165, 1.54) is 7.11 Å².